The van der Waals surface area contributed by atoms with E-state index < -0.39 is 5.66 Å². The molecule has 1 aromatic rings. The first-order valence-electron chi connectivity index (χ1n) is 9.90. The molecule has 0 radical (unpaired) electrons. The molecular weight excluding hydrogens is 420 g/mol. The molecule has 3 aliphatic rings. The van der Waals surface area contributed by atoms with Gasteiger partial charge in [0.2, 0.25) is 0 Å². The van der Waals surface area contributed by atoms with Crippen molar-refractivity contribution in [2.75, 3.05) is 25.2 Å². The van der Waals surface area contributed by atoms with Gasteiger partial charge < -0.3 is 9.84 Å². The first-order valence-corrected chi connectivity index (χ1v) is 11.9. The van der Waals surface area contributed by atoms with Crippen molar-refractivity contribution in [1.82, 2.24) is 4.90 Å². The number of aliphatic imine (C=N–C) groups is 1. The summed E-state index contributed by atoms with van der Waals surface area (Å²) < 4.78 is 5.53. The Bertz CT molecular complexity index is 908. The fourth-order valence-electron chi connectivity index (χ4n) is 3.64. The predicted octanol–water partition coefficient (Wildman–Crippen LogP) is 3.14. The number of aromatic hydroxyl groups is 1. The van der Waals surface area contributed by atoms with Crippen molar-refractivity contribution < 1.29 is 14.6 Å². The minimum absolute atomic E-state index is 0.0634. The molecule has 1 aromatic carbocycles. The van der Waals surface area contributed by atoms with Crippen LogP contribution in [0.25, 0.3) is 0 Å². The second-order valence-corrected chi connectivity index (χ2v) is 9.70. The molecule has 30 heavy (non-hydrogen) atoms. The highest BCUT2D eigenvalue weighted by Crippen LogP contribution is 2.39. The SMILES string of the molecule is C#CCCC1(CCOC(=O)[C@H]2CS[C@H]([C@H]3CSC(c4ccccc4O)=N3)N2C)N=N1. The van der Waals surface area contributed by atoms with Gasteiger partial charge in [0.25, 0.3) is 0 Å². The number of esters is 1. The number of carbonyl (C=O) groups is 1. The van der Waals surface area contributed by atoms with Gasteiger partial charge in [-0.15, -0.1) is 35.9 Å². The second-order valence-electron chi connectivity index (χ2n) is 7.54. The third kappa shape index (κ3) is 4.51. The lowest BCUT2D eigenvalue weighted by Crippen LogP contribution is -2.43. The van der Waals surface area contributed by atoms with E-state index in [2.05, 4.69) is 21.0 Å². The number of para-hydroxylation sites is 1. The van der Waals surface area contributed by atoms with Gasteiger partial charge in [-0.3, -0.25) is 14.7 Å². The Labute approximate surface area is 184 Å². The molecule has 0 unspecified atom stereocenters. The summed E-state index contributed by atoms with van der Waals surface area (Å²) in [5.41, 5.74) is 0.335. The zero-order chi connectivity index (χ0) is 21.1. The monoisotopic (exact) mass is 444 g/mol. The van der Waals surface area contributed by atoms with E-state index in [1.165, 1.54) is 0 Å². The highest BCUT2D eigenvalue weighted by atomic mass is 32.2. The van der Waals surface area contributed by atoms with E-state index >= 15 is 0 Å². The Hall–Kier alpha value is -2.02. The lowest BCUT2D eigenvalue weighted by Gasteiger charge is -2.26. The lowest BCUT2D eigenvalue weighted by atomic mass is 10.1. The van der Waals surface area contributed by atoms with Crippen molar-refractivity contribution in [3.63, 3.8) is 0 Å². The third-order valence-electron chi connectivity index (χ3n) is 5.53. The minimum Gasteiger partial charge on any atom is -0.507 e. The highest BCUT2D eigenvalue weighted by molar-refractivity contribution is 8.14. The van der Waals surface area contributed by atoms with Crippen LogP contribution < -0.4 is 0 Å². The average molecular weight is 445 g/mol. The maximum Gasteiger partial charge on any atom is 0.324 e. The first-order chi connectivity index (χ1) is 14.5. The van der Waals surface area contributed by atoms with Gasteiger partial charge in [0.15, 0.2) is 5.66 Å². The minimum atomic E-state index is -0.430. The van der Waals surface area contributed by atoms with Crippen LogP contribution in [0.4, 0.5) is 0 Å². The summed E-state index contributed by atoms with van der Waals surface area (Å²) in [4.78, 5) is 19.5. The molecule has 0 amide bonds. The molecule has 0 bridgehead atoms. The Morgan fingerprint density at radius 3 is 2.90 bits per heavy atom. The number of thioether (sulfide) groups is 2. The van der Waals surface area contributed by atoms with Gasteiger partial charge in [-0.2, -0.15) is 10.2 Å². The Kier molecular flexibility index (Phi) is 6.37. The molecule has 3 heterocycles. The number of terminal acetylenes is 1. The number of phenolic OH excluding ortho intramolecular Hbond substituents is 1. The number of likely N-dealkylation sites (N-methyl/N-ethyl adjacent to an activating group) is 1. The summed E-state index contributed by atoms with van der Waals surface area (Å²) >= 11 is 3.38. The normalized spacial score (nSPS) is 26.9. The van der Waals surface area contributed by atoms with E-state index in [1.807, 2.05) is 19.2 Å². The molecule has 3 aliphatic heterocycles. The van der Waals surface area contributed by atoms with Crippen LogP contribution >= 0.6 is 23.5 Å². The van der Waals surface area contributed by atoms with Crippen LogP contribution in [0.15, 0.2) is 39.5 Å². The summed E-state index contributed by atoms with van der Waals surface area (Å²) in [6.07, 6.45) is 7.21. The molecule has 7 nitrogen and oxygen atoms in total. The van der Waals surface area contributed by atoms with Crippen LogP contribution in [-0.4, -0.2) is 69.3 Å². The summed E-state index contributed by atoms with van der Waals surface area (Å²) in [7, 11) is 1.95. The van der Waals surface area contributed by atoms with Crippen LogP contribution in [0, 0.1) is 12.3 Å². The maximum atomic E-state index is 12.6. The smallest absolute Gasteiger partial charge is 0.324 e. The number of hydrogen-bond acceptors (Lipinski definition) is 9. The zero-order valence-corrected chi connectivity index (χ0v) is 18.4. The fourth-order valence-corrected chi connectivity index (χ4v) is 6.39. The number of ether oxygens (including phenoxy) is 1. The number of phenols is 1. The van der Waals surface area contributed by atoms with Crippen LogP contribution in [-0.2, 0) is 9.53 Å². The topological polar surface area (TPSA) is 86.9 Å². The highest BCUT2D eigenvalue weighted by Gasteiger charge is 2.43. The summed E-state index contributed by atoms with van der Waals surface area (Å²) in [5.74, 6) is 4.14. The maximum absolute atomic E-state index is 12.6. The molecule has 1 fully saturated rings. The van der Waals surface area contributed by atoms with Crippen LogP contribution in [0.3, 0.4) is 0 Å². The fraction of sp³-hybridized carbons (Fsp3) is 0.524. The van der Waals surface area contributed by atoms with Gasteiger partial charge in [-0.1, -0.05) is 12.1 Å². The van der Waals surface area contributed by atoms with E-state index in [-0.39, 0.29) is 29.2 Å². The van der Waals surface area contributed by atoms with Crippen LogP contribution in [0.1, 0.15) is 24.8 Å². The van der Waals surface area contributed by atoms with E-state index in [0.29, 0.717) is 31.6 Å². The van der Waals surface area contributed by atoms with Gasteiger partial charge in [0.05, 0.1) is 18.0 Å². The molecule has 4 rings (SSSR count). The van der Waals surface area contributed by atoms with Crippen molar-refractivity contribution in [1.29, 1.82) is 0 Å². The molecule has 3 atom stereocenters. The number of carbonyl (C=O) groups excluding carboxylic acids is 1. The quantitative estimate of drug-likeness (QED) is 0.490. The second kappa shape index (κ2) is 9.00. The van der Waals surface area contributed by atoms with Gasteiger partial charge in [0.1, 0.15) is 16.8 Å². The molecular formula is C21H24N4O3S2. The number of rotatable bonds is 8. The average Bonchev–Trinajstić information content (AvgIpc) is 3.15. The molecule has 158 valence electrons. The molecule has 0 aliphatic carbocycles. The van der Waals surface area contributed by atoms with Crippen LogP contribution in [0.2, 0.25) is 0 Å². The van der Waals surface area contributed by atoms with Gasteiger partial charge >= 0.3 is 5.97 Å². The van der Waals surface area contributed by atoms with Crippen molar-refractivity contribution in [2.24, 2.45) is 15.2 Å². The van der Waals surface area contributed by atoms with E-state index in [0.717, 1.165) is 16.4 Å². The largest absolute Gasteiger partial charge is 0.507 e. The number of benzene rings is 1. The van der Waals surface area contributed by atoms with Crippen LogP contribution in [0.5, 0.6) is 5.75 Å². The summed E-state index contributed by atoms with van der Waals surface area (Å²) in [5, 5.41) is 19.2. The number of nitrogens with zero attached hydrogens (tertiary/aromatic N) is 4. The van der Waals surface area contributed by atoms with E-state index in [9.17, 15) is 9.90 Å². The van der Waals surface area contributed by atoms with Gasteiger partial charge in [-0.05, 0) is 19.2 Å². The van der Waals surface area contributed by atoms with Crippen molar-refractivity contribution >= 4 is 34.5 Å². The zero-order valence-electron chi connectivity index (χ0n) is 16.7. The standard InChI is InChI=1S/C21H24N4O3S2/c1-3-4-9-21(23-24-21)10-11-28-20(27)16-13-30-19(25(16)2)15-12-29-18(22-15)14-7-5-6-8-17(14)26/h1,5-8,15-16,19,26H,4,9-13H2,2H3/t15-,16-,19-/m1/s1. The lowest BCUT2D eigenvalue weighted by molar-refractivity contribution is -0.148. The molecule has 0 aromatic heterocycles. The molecule has 1 N–H and O–H groups in total. The first kappa shape index (κ1) is 21.2. The van der Waals surface area contributed by atoms with Gasteiger partial charge in [-0.25, -0.2) is 0 Å². The van der Waals surface area contributed by atoms with Gasteiger partial charge in [0, 0.05) is 36.3 Å². The predicted molar refractivity (Wildman–Crippen MR) is 120 cm³/mol. The molecule has 0 spiro atoms. The summed E-state index contributed by atoms with van der Waals surface area (Å²) in [6, 6.07) is 7.03. The van der Waals surface area contributed by atoms with E-state index in [1.54, 1.807) is 35.7 Å². The molecule has 1 saturated heterocycles. The summed E-state index contributed by atoms with van der Waals surface area (Å²) in [6.45, 7) is 0.297. The Morgan fingerprint density at radius 1 is 1.37 bits per heavy atom. The third-order valence-corrected chi connectivity index (χ3v) is 8.13. The molecule has 0 saturated carbocycles. The Balaban J connectivity index is 1.30. The van der Waals surface area contributed by atoms with Crippen molar-refractivity contribution in [3.8, 4) is 18.1 Å². The molecule has 9 heteroatoms. The Morgan fingerprint density at radius 2 is 2.17 bits per heavy atom. The number of hydrogen-bond donors (Lipinski definition) is 1. The van der Waals surface area contributed by atoms with Crippen molar-refractivity contribution in [2.45, 2.75) is 42.4 Å². The van der Waals surface area contributed by atoms with E-state index in [4.69, 9.17) is 16.2 Å². The van der Waals surface area contributed by atoms with Crippen molar-refractivity contribution in [3.05, 3.63) is 29.8 Å².